The smallest absolute Gasteiger partial charge is 0.145 e. The van der Waals surface area contributed by atoms with Gasteiger partial charge in [0.1, 0.15) is 11.8 Å². The van der Waals surface area contributed by atoms with Gasteiger partial charge in [-0.05, 0) is 12.1 Å². The van der Waals surface area contributed by atoms with Gasteiger partial charge >= 0.3 is 0 Å². The molecule has 0 aliphatic carbocycles. The molecular weight excluding hydrogens is 188 g/mol. The summed E-state index contributed by atoms with van der Waals surface area (Å²) < 4.78 is 5.23. The Balaban J connectivity index is 3.49. The van der Waals surface area contributed by atoms with E-state index in [4.69, 9.17) is 10.00 Å². The minimum absolute atomic E-state index is 0.526. The molecule has 0 amide bonds. The van der Waals surface area contributed by atoms with E-state index in [9.17, 15) is 0 Å². The van der Waals surface area contributed by atoms with Crippen LogP contribution in [0.3, 0.4) is 0 Å². The third-order valence-electron chi connectivity index (χ3n) is 2.18. The van der Waals surface area contributed by atoms with Gasteiger partial charge in [0.05, 0.1) is 12.7 Å². The van der Waals surface area contributed by atoms with Gasteiger partial charge in [-0.1, -0.05) is 12.7 Å². The average Bonchev–Trinajstić information content (AvgIpc) is 2.26. The fraction of sp³-hybridized carbons (Fsp3) is 0.250. The Hall–Kier alpha value is -1.95. The van der Waals surface area contributed by atoms with Crippen molar-refractivity contribution < 1.29 is 4.74 Å². The Morgan fingerprint density at radius 1 is 1.47 bits per heavy atom. The van der Waals surface area contributed by atoms with Gasteiger partial charge in [-0.2, -0.15) is 5.26 Å². The Kier molecular flexibility index (Phi) is 3.35. The van der Waals surface area contributed by atoms with Crippen LogP contribution in [0.2, 0.25) is 0 Å². The van der Waals surface area contributed by atoms with Crippen LogP contribution in [-0.2, 0) is 0 Å². The van der Waals surface area contributed by atoms with Gasteiger partial charge in [0.25, 0.3) is 0 Å². The molecule has 0 aromatic heterocycles. The van der Waals surface area contributed by atoms with Gasteiger partial charge in [0, 0.05) is 25.3 Å². The molecule has 0 spiro atoms. The van der Waals surface area contributed by atoms with Crippen molar-refractivity contribution in [1.29, 1.82) is 5.26 Å². The van der Waals surface area contributed by atoms with Gasteiger partial charge in [-0.3, -0.25) is 0 Å². The average molecular weight is 202 g/mol. The summed E-state index contributed by atoms with van der Waals surface area (Å²) in [6, 6.07) is 5.73. The second-order valence-corrected chi connectivity index (χ2v) is 3.29. The first-order valence-corrected chi connectivity index (χ1v) is 4.56. The molecule has 0 aliphatic rings. The summed E-state index contributed by atoms with van der Waals surface area (Å²) in [6.07, 6.45) is 1.70. The molecule has 1 rings (SSSR count). The van der Waals surface area contributed by atoms with Crippen molar-refractivity contribution in [3.05, 3.63) is 29.8 Å². The minimum Gasteiger partial charge on any atom is -0.495 e. The Labute approximate surface area is 90.2 Å². The van der Waals surface area contributed by atoms with Gasteiger partial charge in [0.15, 0.2) is 0 Å². The lowest BCUT2D eigenvalue weighted by Gasteiger charge is -2.18. The molecule has 0 saturated heterocycles. The number of rotatable bonds is 3. The molecule has 1 aromatic carbocycles. The second kappa shape index (κ2) is 4.52. The van der Waals surface area contributed by atoms with E-state index in [1.807, 2.05) is 25.1 Å². The summed E-state index contributed by atoms with van der Waals surface area (Å²) in [7, 11) is 5.43. The molecule has 0 aliphatic heterocycles. The van der Waals surface area contributed by atoms with E-state index in [0.29, 0.717) is 11.3 Å². The summed E-state index contributed by atoms with van der Waals surface area (Å²) in [4.78, 5) is 1.96. The van der Waals surface area contributed by atoms with Crippen LogP contribution in [0.1, 0.15) is 11.1 Å². The second-order valence-electron chi connectivity index (χ2n) is 3.29. The molecule has 3 heteroatoms. The fourth-order valence-electron chi connectivity index (χ4n) is 1.48. The maximum absolute atomic E-state index is 8.92. The molecule has 0 N–H and O–H groups in total. The van der Waals surface area contributed by atoms with Gasteiger partial charge in [-0.15, -0.1) is 0 Å². The molecule has 0 atom stereocenters. The first kappa shape index (κ1) is 11.1. The zero-order chi connectivity index (χ0) is 11.4. The molecule has 0 unspecified atom stereocenters. The van der Waals surface area contributed by atoms with Crippen LogP contribution in [0.15, 0.2) is 18.7 Å². The standard InChI is InChI=1S/C12H14N2O/c1-5-10-11(14(2)3)7-6-9(8-13)12(10)15-4/h5-7H,1H2,2-4H3. The maximum atomic E-state index is 8.92. The zero-order valence-corrected chi connectivity index (χ0v) is 9.24. The van der Waals surface area contributed by atoms with Crippen molar-refractivity contribution in [1.82, 2.24) is 0 Å². The van der Waals surface area contributed by atoms with E-state index in [-0.39, 0.29) is 0 Å². The number of ether oxygens (including phenoxy) is 1. The molecule has 78 valence electrons. The number of methoxy groups -OCH3 is 1. The normalized spacial score (nSPS) is 9.20. The van der Waals surface area contributed by atoms with Crippen LogP contribution in [0.4, 0.5) is 5.69 Å². The van der Waals surface area contributed by atoms with Crippen molar-refractivity contribution in [2.24, 2.45) is 0 Å². The van der Waals surface area contributed by atoms with Crippen LogP contribution >= 0.6 is 0 Å². The van der Waals surface area contributed by atoms with E-state index >= 15 is 0 Å². The molecule has 0 bridgehead atoms. The van der Waals surface area contributed by atoms with Crippen LogP contribution in [0.5, 0.6) is 5.75 Å². The summed E-state index contributed by atoms with van der Waals surface area (Å²) >= 11 is 0. The number of benzene rings is 1. The van der Waals surface area contributed by atoms with E-state index < -0.39 is 0 Å². The quantitative estimate of drug-likeness (QED) is 0.754. The highest BCUT2D eigenvalue weighted by molar-refractivity contribution is 5.75. The Morgan fingerprint density at radius 3 is 2.53 bits per heavy atom. The van der Waals surface area contributed by atoms with Crippen molar-refractivity contribution in [3.63, 3.8) is 0 Å². The van der Waals surface area contributed by atoms with Gasteiger partial charge in [0.2, 0.25) is 0 Å². The van der Waals surface area contributed by atoms with Crippen LogP contribution < -0.4 is 9.64 Å². The van der Waals surface area contributed by atoms with Gasteiger partial charge < -0.3 is 9.64 Å². The summed E-state index contributed by atoms with van der Waals surface area (Å²) in [5.74, 6) is 0.582. The number of hydrogen-bond donors (Lipinski definition) is 0. The van der Waals surface area contributed by atoms with Crippen LogP contribution in [0, 0.1) is 11.3 Å². The molecule has 0 heterocycles. The van der Waals surface area contributed by atoms with Crippen molar-refractivity contribution in [2.75, 3.05) is 26.1 Å². The number of anilines is 1. The lowest BCUT2D eigenvalue weighted by molar-refractivity contribution is 0.412. The minimum atomic E-state index is 0.526. The number of hydrogen-bond acceptors (Lipinski definition) is 3. The predicted molar refractivity (Wildman–Crippen MR) is 62.1 cm³/mol. The van der Waals surface area contributed by atoms with E-state index in [1.54, 1.807) is 19.3 Å². The summed E-state index contributed by atoms with van der Waals surface area (Å²) in [6.45, 7) is 3.74. The largest absolute Gasteiger partial charge is 0.495 e. The van der Waals surface area contributed by atoms with E-state index in [2.05, 4.69) is 12.6 Å². The SMILES string of the molecule is C=Cc1c(N(C)C)ccc(C#N)c1OC. The fourth-order valence-corrected chi connectivity index (χ4v) is 1.48. The molecule has 1 aromatic rings. The first-order chi connectivity index (χ1) is 7.15. The maximum Gasteiger partial charge on any atom is 0.145 e. The van der Waals surface area contributed by atoms with Crippen molar-refractivity contribution in [2.45, 2.75) is 0 Å². The molecule has 3 nitrogen and oxygen atoms in total. The lowest BCUT2D eigenvalue weighted by atomic mass is 10.1. The summed E-state index contributed by atoms with van der Waals surface area (Å²) in [5.41, 5.74) is 2.36. The highest BCUT2D eigenvalue weighted by atomic mass is 16.5. The molecule has 0 saturated carbocycles. The summed E-state index contributed by atoms with van der Waals surface area (Å²) in [5, 5.41) is 8.92. The Bertz CT molecular complexity index is 416. The van der Waals surface area contributed by atoms with Crippen molar-refractivity contribution >= 4 is 11.8 Å². The monoisotopic (exact) mass is 202 g/mol. The lowest BCUT2D eigenvalue weighted by Crippen LogP contribution is -2.11. The molecule has 15 heavy (non-hydrogen) atoms. The number of nitrogens with zero attached hydrogens (tertiary/aromatic N) is 2. The predicted octanol–water partition coefficient (Wildman–Crippen LogP) is 2.28. The van der Waals surface area contributed by atoms with E-state index in [0.717, 1.165) is 11.3 Å². The van der Waals surface area contributed by atoms with Crippen LogP contribution in [-0.4, -0.2) is 21.2 Å². The van der Waals surface area contributed by atoms with Crippen LogP contribution in [0.25, 0.3) is 6.08 Å². The molecular formula is C12H14N2O. The van der Waals surface area contributed by atoms with Crippen molar-refractivity contribution in [3.8, 4) is 11.8 Å². The Morgan fingerprint density at radius 2 is 2.13 bits per heavy atom. The zero-order valence-electron chi connectivity index (χ0n) is 9.24. The topological polar surface area (TPSA) is 36.3 Å². The third-order valence-corrected chi connectivity index (χ3v) is 2.18. The molecule has 0 radical (unpaired) electrons. The van der Waals surface area contributed by atoms with E-state index in [1.165, 1.54) is 0 Å². The number of nitriles is 1. The third kappa shape index (κ3) is 1.94. The molecule has 0 fully saturated rings. The highest BCUT2D eigenvalue weighted by Gasteiger charge is 2.12. The first-order valence-electron chi connectivity index (χ1n) is 4.56. The van der Waals surface area contributed by atoms with Gasteiger partial charge in [-0.25, -0.2) is 0 Å². The highest BCUT2D eigenvalue weighted by Crippen LogP contribution is 2.32.